The molecular weight excluding hydrogens is 407 g/mol. The number of nitrogens with one attached hydrogen (secondary N) is 2. The lowest BCUT2D eigenvalue weighted by Gasteiger charge is -2.08. The number of rotatable bonds is 4. The molecule has 152 valence electrons. The van der Waals surface area contributed by atoms with Gasteiger partial charge in [0.25, 0.3) is 5.91 Å². The highest BCUT2D eigenvalue weighted by molar-refractivity contribution is 7.16. The molecule has 2 aromatic heterocycles. The summed E-state index contributed by atoms with van der Waals surface area (Å²) in [6.07, 6.45) is 0. The minimum atomic E-state index is -0.735. The largest absolute Gasteiger partial charge is 0.316 e. The van der Waals surface area contributed by atoms with Crippen LogP contribution in [-0.2, 0) is 6.54 Å². The number of aryl methyl sites for hydroxylation is 2. The highest BCUT2D eigenvalue weighted by Gasteiger charge is 2.15. The molecule has 1 amide bonds. The summed E-state index contributed by atoms with van der Waals surface area (Å²) < 4.78 is 14.5. The molecule has 0 aliphatic carbocycles. The fraction of sp³-hybridized carbons (Fsp3) is 0.143. The summed E-state index contributed by atoms with van der Waals surface area (Å²) in [5, 5.41) is 3.16. The molecule has 2 heterocycles. The maximum atomic E-state index is 13.2. The highest BCUT2D eigenvalue weighted by atomic mass is 32.1. The Balaban J connectivity index is 1.64. The van der Waals surface area contributed by atoms with E-state index in [-0.39, 0.29) is 5.82 Å². The molecule has 30 heavy (non-hydrogen) atoms. The van der Waals surface area contributed by atoms with Crippen LogP contribution in [0.25, 0.3) is 22.3 Å². The van der Waals surface area contributed by atoms with Crippen LogP contribution in [0, 0.1) is 12.7 Å². The van der Waals surface area contributed by atoms with Crippen LogP contribution >= 0.6 is 11.3 Å². The molecular formula is C21H17FN4O3S. The van der Waals surface area contributed by atoms with E-state index in [1.165, 1.54) is 34.1 Å². The Labute approximate surface area is 173 Å². The molecule has 0 fully saturated rings. The summed E-state index contributed by atoms with van der Waals surface area (Å²) in [6, 6.07) is 10.7. The van der Waals surface area contributed by atoms with E-state index in [2.05, 4.69) is 15.3 Å². The van der Waals surface area contributed by atoms with Crippen molar-refractivity contribution in [3.63, 3.8) is 0 Å². The number of halogens is 1. The molecule has 2 N–H and O–H groups in total. The summed E-state index contributed by atoms with van der Waals surface area (Å²) in [4.78, 5) is 44.4. The normalized spacial score (nSPS) is 11.0. The van der Waals surface area contributed by atoms with Gasteiger partial charge in [0.2, 0.25) is 0 Å². The Morgan fingerprint density at radius 3 is 2.63 bits per heavy atom. The molecule has 0 radical (unpaired) electrons. The van der Waals surface area contributed by atoms with Gasteiger partial charge in [0.1, 0.15) is 5.82 Å². The van der Waals surface area contributed by atoms with Crippen molar-refractivity contribution in [2.75, 3.05) is 5.32 Å². The van der Waals surface area contributed by atoms with Crippen molar-refractivity contribution in [1.82, 2.24) is 14.5 Å². The predicted molar refractivity (Wildman–Crippen MR) is 115 cm³/mol. The van der Waals surface area contributed by atoms with Crippen molar-refractivity contribution in [1.29, 1.82) is 0 Å². The molecule has 0 saturated heterocycles. The summed E-state index contributed by atoms with van der Waals surface area (Å²) in [6.45, 7) is 3.98. The third-order valence-corrected chi connectivity index (χ3v) is 5.57. The Hall–Kier alpha value is -3.59. The second-order valence-corrected chi connectivity index (χ2v) is 7.82. The van der Waals surface area contributed by atoms with Gasteiger partial charge in [-0.3, -0.25) is 19.7 Å². The summed E-state index contributed by atoms with van der Waals surface area (Å²) >= 11 is 1.31. The zero-order valence-corrected chi connectivity index (χ0v) is 17.0. The number of hydrogen-bond donors (Lipinski definition) is 2. The van der Waals surface area contributed by atoms with Gasteiger partial charge in [-0.25, -0.2) is 9.37 Å². The third-order valence-electron chi connectivity index (χ3n) is 4.69. The highest BCUT2D eigenvalue weighted by Crippen LogP contribution is 2.30. The summed E-state index contributed by atoms with van der Waals surface area (Å²) in [5.41, 5.74) is 1.32. The standard InChI is InChI=1S/C21H17FN4O3S/c1-3-26-16-9-6-13(10-15(16)23-19(28)20(26)29)18(27)25-21-24-17(11(2)30-21)12-4-7-14(22)8-5-12/h4-10H,3H2,1-2H3,(H,23,28)(H,24,25,27). The molecule has 7 nitrogen and oxygen atoms in total. The number of benzene rings is 2. The third kappa shape index (κ3) is 3.55. The van der Waals surface area contributed by atoms with Gasteiger partial charge in [-0.2, -0.15) is 0 Å². The minimum Gasteiger partial charge on any atom is -0.316 e. The zero-order valence-electron chi connectivity index (χ0n) is 16.2. The fourth-order valence-corrected chi connectivity index (χ4v) is 4.06. The van der Waals surface area contributed by atoms with Crippen LogP contribution in [0.2, 0.25) is 0 Å². The van der Waals surface area contributed by atoms with Crippen LogP contribution in [0.15, 0.2) is 52.1 Å². The van der Waals surface area contributed by atoms with Crippen molar-refractivity contribution in [3.8, 4) is 11.3 Å². The van der Waals surface area contributed by atoms with Crippen molar-refractivity contribution in [3.05, 3.63) is 79.4 Å². The van der Waals surface area contributed by atoms with Gasteiger partial charge >= 0.3 is 11.1 Å². The smallest absolute Gasteiger partial charge is 0.316 e. The first-order chi connectivity index (χ1) is 14.4. The number of hydrogen-bond acceptors (Lipinski definition) is 5. The molecule has 0 aliphatic heterocycles. The van der Waals surface area contributed by atoms with E-state index in [0.29, 0.717) is 34.0 Å². The molecule has 0 spiro atoms. The van der Waals surface area contributed by atoms with E-state index in [1.54, 1.807) is 31.2 Å². The zero-order chi connectivity index (χ0) is 21.4. The number of amides is 1. The number of fused-ring (bicyclic) bond motifs is 1. The number of carbonyl (C=O) groups is 1. The molecule has 0 saturated carbocycles. The summed E-state index contributed by atoms with van der Waals surface area (Å²) in [7, 11) is 0. The van der Waals surface area contributed by atoms with Crippen LogP contribution in [0.1, 0.15) is 22.2 Å². The van der Waals surface area contributed by atoms with Crippen LogP contribution in [-0.4, -0.2) is 20.4 Å². The van der Waals surface area contributed by atoms with Gasteiger partial charge in [0.15, 0.2) is 5.13 Å². The number of anilines is 1. The van der Waals surface area contributed by atoms with Gasteiger partial charge in [0, 0.05) is 22.5 Å². The lowest BCUT2D eigenvalue weighted by molar-refractivity contribution is 0.102. The van der Waals surface area contributed by atoms with E-state index in [4.69, 9.17) is 0 Å². The lowest BCUT2D eigenvalue weighted by Crippen LogP contribution is -2.36. The number of aromatic nitrogens is 3. The van der Waals surface area contributed by atoms with Gasteiger partial charge in [-0.05, 0) is 56.3 Å². The monoisotopic (exact) mass is 424 g/mol. The van der Waals surface area contributed by atoms with E-state index in [1.807, 2.05) is 6.92 Å². The molecule has 4 aromatic rings. The Morgan fingerprint density at radius 1 is 1.20 bits per heavy atom. The molecule has 0 bridgehead atoms. The maximum Gasteiger partial charge on any atom is 0.316 e. The van der Waals surface area contributed by atoms with Gasteiger partial charge in [-0.1, -0.05) is 0 Å². The Bertz CT molecular complexity index is 1390. The van der Waals surface area contributed by atoms with Crippen LogP contribution in [0.4, 0.5) is 9.52 Å². The van der Waals surface area contributed by atoms with Gasteiger partial charge < -0.3 is 9.55 Å². The first-order valence-electron chi connectivity index (χ1n) is 9.19. The first-order valence-corrected chi connectivity index (χ1v) is 10.0. The van der Waals surface area contributed by atoms with Crippen molar-refractivity contribution < 1.29 is 9.18 Å². The predicted octanol–water partition coefficient (Wildman–Crippen LogP) is 3.53. The van der Waals surface area contributed by atoms with Crippen LogP contribution in [0.3, 0.4) is 0 Å². The quantitative estimate of drug-likeness (QED) is 0.490. The van der Waals surface area contributed by atoms with Gasteiger partial charge in [-0.15, -0.1) is 11.3 Å². The molecule has 2 aromatic carbocycles. The second-order valence-electron chi connectivity index (χ2n) is 6.62. The number of nitrogens with zero attached hydrogens (tertiary/aromatic N) is 2. The average molecular weight is 424 g/mol. The average Bonchev–Trinajstić information content (AvgIpc) is 3.09. The van der Waals surface area contributed by atoms with Crippen LogP contribution in [0.5, 0.6) is 0 Å². The molecule has 0 aliphatic rings. The molecule has 0 unspecified atom stereocenters. The van der Waals surface area contributed by atoms with Crippen molar-refractivity contribution >= 4 is 33.4 Å². The van der Waals surface area contributed by atoms with E-state index in [9.17, 15) is 18.8 Å². The maximum absolute atomic E-state index is 13.2. The first kappa shape index (κ1) is 19.7. The van der Waals surface area contributed by atoms with Crippen molar-refractivity contribution in [2.45, 2.75) is 20.4 Å². The van der Waals surface area contributed by atoms with E-state index >= 15 is 0 Å². The van der Waals surface area contributed by atoms with Crippen LogP contribution < -0.4 is 16.4 Å². The summed E-state index contributed by atoms with van der Waals surface area (Å²) in [5.74, 6) is -0.727. The minimum absolute atomic E-state index is 0.315. The number of aromatic amines is 1. The van der Waals surface area contributed by atoms with Crippen molar-refractivity contribution in [2.24, 2.45) is 0 Å². The number of thiazole rings is 1. The lowest BCUT2D eigenvalue weighted by atomic mass is 10.1. The van der Waals surface area contributed by atoms with Gasteiger partial charge in [0.05, 0.1) is 16.7 Å². The fourth-order valence-electron chi connectivity index (χ4n) is 3.23. The Morgan fingerprint density at radius 2 is 1.93 bits per heavy atom. The van der Waals surface area contributed by atoms with E-state index < -0.39 is 17.0 Å². The Kier molecular flexibility index (Phi) is 5.04. The van der Waals surface area contributed by atoms with E-state index in [0.717, 1.165) is 10.4 Å². The number of carbonyl (C=O) groups excluding carboxylic acids is 1. The molecule has 9 heteroatoms. The topological polar surface area (TPSA) is 96.9 Å². The SMILES string of the molecule is CCn1c(=O)c(=O)[nH]c2cc(C(=O)Nc3nc(-c4ccc(F)cc4)c(C)s3)ccc21. The second kappa shape index (κ2) is 7.68. The number of H-pyrrole nitrogens is 1. The molecule has 0 atom stereocenters. The molecule has 4 rings (SSSR count).